The van der Waals surface area contributed by atoms with E-state index in [-0.39, 0.29) is 11.3 Å². The van der Waals surface area contributed by atoms with Crippen molar-refractivity contribution in [1.29, 1.82) is 0 Å². The van der Waals surface area contributed by atoms with Crippen LogP contribution in [0.1, 0.15) is 24.8 Å². The average Bonchev–Trinajstić information content (AvgIpc) is 3.04. The van der Waals surface area contributed by atoms with E-state index in [1.54, 1.807) is 22.5 Å². The molecule has 1 aromatic rings. The molecule has 0 spiro atoms. The van der Waals surface area contributed by atoms with Gasteiger partial charge in [-0.15, -0.1) is 0 Å². The molecule has 22 heavy (non-hydrogen) atoms. The van der Waals surface area contributed by atoms with Crippen molar-refractivity contribution in [3.8, 4) is 0 Å². The molecule has 2 heterocycles. The number of halogens is 1. The minimum absolute atomic E-state index is 0.241. The molecule has 2 aliphatic heterocycles. The van der Waals surface area contributed by atoms with Crippen molar-refractivity contribution in [2.45, 2.75) is 25.0 Å². The molecule has 0 saturated carbocycles. The number of sulfonamides is 1. The highest BCUT2D eigenvalue weighted by Gasteiger charge is 2.33. The van der Waals surface area contributed by atoms with Gasteiger partial charge in [0.05, 0.1) is 5.75 Å². The molecule has 1 atom stereocenters. The largest absolute Gasteiger partial charge is 0.316 e. The first-order valence-corrected chi connectivity index (χ1v) is 9.59. The maximum absolute atomic E-state index is 13.7. The molecule has 0 bridgehead atoms. The van der Waals surface area contributed by atoms with Crippen LogP contribution in [-0.2, 0) is 15.8 Å². The van der Waals surface area contributed by atoms with Crippen LogP contribution >= 0.6 is 0 Å². The lowest BCUT2D eigenvalue weighted by atomic mass is 9.84. The van der Waals surface area contributed by atoms with Gasteiger partial charge in [-0.2, -0.15) is 0 Å². The molecular formula is C16H23FN2O2S. The summed E-state index contributed by atoms with van der Waals surface area (Å²) < 4.78 is 40.2. The van der Waals surface area contributed by atoms with Crippen molar-refractivity contribution in [2.24, 2.45) is 11.8 Å². The van der Waals surface area contributed by atoms with Gasteiger partial charge in [0.15, 0.2) is 0 Å². The van der Waals surface area contributed by atoms with E-state index in [1.165, 1.54) is 12.5 Å². The van der Waals surface area contributed by atoms with E-state index in [4.69, 9.17) is 0 Å². The molecule has 3 rings (SSSR count). The summed E-state index contributed by atoms with van der Waals surface area (Å²) in [6.45, 7) is 3.28. The van der Waals surface area contributed by atoms with E-state index in [9.17, 15) is 12.8 Å². The van der Waals surface area contributed by atoms with Crippen LogP contribution in [0.15, 0.2) is 24.3 Å². The van der Waals surface area contributed by atoms with E-state index < -0.39 is 15.8 Å². The Balaban J connectivity index is 1.61. The smallest absolute Gasteiger partial charge is 0.218 e. The van der Waals surface area contributed by atoms with Crippen molar-refractivity contribution in [3.05, 3.63) is 35.6 Å². The number of nitrogens with one attached hydrogen (secondary N) is 1. The molecule has 0 aliphatic carbocycles. The maximum Gasteiger partial charge on any atom is 0.218 e. The topological polar surface area (TPSA) is 49.4 Å². The van der Waals surface area contributed by atoms with E-state index in [0.717, 1.165) is 25.9 Å². The summed E-state index contributed by atoms with van der Waals surface area (Å²) in [5.41, 5.74) is 0.254. The van der Waals surface area contributed by atoms with E-state index >= 15 is 0 Å². The van der Waals surface area contributed by atoms with Gasteiger partial charge in [0.2, 0.25) is 10.0 Å². The summed E-state index contributed by atoms with van der Waals surface area (Å²) >= 11 is 0. The Labute approximate surface area is 131 Å². The fraction of sp³-hybridized carbons (Fsp3) is 0.625. The summed E-state index contributed by atoms with van der Waals surface area (Å²) in [4.78, 5) is 0. The van der Waals surface area contributed by atoms with Crippen molar-refractivity contribution >= 4 is 10.0 Å². The highest BCUT2D eigenvalue weighted by atomic mass is 32.2. The zero-order chi connectivity index (χ0) is 15.6. The molecule has 1 unspecified atom stereocenters. The van der Waals surface area contributed by atoms with E-state index in [0.29, 0.717) is 24.9 Å². The Morgan fingerprint density at radius 3 is 2.50 bits per heavy atom. The van der Waals surface area contributed by atoms with Gasteiger partial charge in [-0.05, 0) is 50.3 Å². The number of hydrogen-bond acceptors (Lipinski definition) is 3. The molecule has 4 nitrogen and oxygen atoms in total. The minimum Gasteiger partial charge on any atom is -0.316 e. The van der Waals surface area contributed by atoms with Crippen LogP contribution in [0, 0.1) is 17.7 Å². The molecule has 0 aromatic heterocycles. The molecule has 1 aromatic carbocycles. The molecule has 0 radical (unpaired) electrons. The molecule has 2 aliphatic rings. The zero-order valence-electron chi connectivity index (χ0n) is 12.7. The summed E-state index contributed by atoms with van der Waals surface area (Å²) in [6, 6.07) is 6.11. The Morgan fingerprint density at radius 2 is 1.86 bits per heavy atom. The van der Waals surface area contributed by atoms with Gasteiger partial charge in [-0.3, -0.25) is 0 Å². The standard InChI is InChI=1S/C16H23FN2O2S/c17-16-4-2-1-3-15(16)12-22(20,21)19-9-6-13(7-10-19)14-5-8-18-11-14/h1-4,13-14,18H,5-12H2. The quantitative estimate of drug-likeness (QED) is 0.920. The average molecular weight is 326 g/mol. The summed E-state index contributed by atoms with van der Waals surface area (Å²) in [5.74, 6) is 0.624. The maximum atomic E-state index is 13.7. The lowest BCUT2D eigenvalue weighted by Gasteiger charge is -2.34. The van der Waals surface area contributed by atoms with Crippen LogP contribution in [-0.4, -0.2) is 38.9 Å². The number of nitrogens with zero attached hydrogens (tertiary/aromatic N) is 1. The van der Waals surface area contributed by atoms with Gasteiger partial charge in [0, 0.05) is 18.7 Å². The second kappa shape index (κ2) is 6.64. The Hall–Kier alpha value is -0.980. The number of hydrogen-bond donors (Lipinski definition) is 1. The molecule has 122 valence electrons. The van der Waals surface area contributed by atoms with Crippen molar-refractivity contribution in [3.63, 3.8) is 0 Å². The summed E-state index contributed by atoms with van der Waals surface area (Å²) in [7, 11) is -3.43. The van der Waals surface area contributed by atoms with Gasteiger partial charge in [0.1, 0.15) is 5.82 Å². The molecule has 0 amide bonds. The number of benzene rings is 1. The highest BCUT2D eigenvalue weighted by Crippen LogP contribution is 2.30. The summed E-state index contributed by atoms with van der Waals surface area (Å²) in [5, 5.41) is 3.38. The Morgan fingerprint density at radius 1 is 1.14 bits per heavy atom. The van der Waals surface area contributed by atoms with Crippen molar-refractivity contribution in [2.75, 3.05) is 26.2 Å². The second-order valence-electron chi connectivity index (χ2n) is 6.34. The third-order valence-corrected chi connectivity index (χ3v) is 6.78. The first kappa shape index (κ1) is 15.9. The first-order valence-electron chi connectivity index (χ1n) is 7.98. The first-order chi connectivity index (χ1) is 10.6. The van der Waals surface area contributed by atoms with E-state index in [2.05, 4.69) is 5.32 Å². The molecule has 2 fully saturated rings. The van der Waals surface area contributed by atoms with Gasteiger partial charge >= 0.3 is 0 Å². The van der Waals surface area contributed by atoms with Crippen LogP contribution in [0.2, 0.25) is 0 Å². The number of rotatable bonds is 4. The predicted molar refractivity (Wildman–Crippen MR) is 84.3 cm³/mol. The van der Waals surface area contributed by atoms with Gasteiger partial charge in [0.25, 0.3) is 0 Å². The molecule has 2 saturated heterocycles. The van der Waals surface area contributed by atoms with E-state index in [1.807, 2.05) is 0 Å². The fourth-order valence-electron chi connectivity index (χ4n) is 3.61. The SMILES string of the molecule is O=S(=O)(Cc1ccccc1F)N1CCC(C2CCNC2)CC1. The van der Waals surface area contributed by atoms with Crippen LogP contribution < -0.4 is 5.32 Å². The molecular weight excluding hydrogens is 303 g/mol. The van der Waals surface area contributed by atoms with Crippen LogP contribution in [0.5, 0.6) is 0 Å². The van der Waals surface area contributed by atoms with Crippen LogP contribution in [0.4, 0.5) is 4.39 Å². The highest BCUT2D eigenvalue weighted by molar-refractivity contribution is 7.88. The fourth-order valence-corrected chi connectivity index (χ4v) is 5.18. The third-order valence-electron chi connectivity index (χ3n) is 4.95. The Kier molecular flexibility index (Phi) is 4.80. The lowest BCUT2D eigenvalue weighted by Crippen LogP contribution is -2.41. The number of piperidine rings is 1. The predicted octanol–water partition coefficient (Wildman–Crippen LogP) is 1.98. The van der Waals surface area contributed by atoms with Crippen molar-refractivity contribution in [1.82, 2.24) is 9.62 Å². The minimum atomic E-state index is -3.43. The van der Waals surface area contributed by atoms with Gasteiger partial charge in [-0.1, -0.05) is 18.2 Å². The van der Waals surface area contributed by atoms with Gasteiger partial charge < -0.3 is 5.32 Å². The van der Waals surface area contributed by atoms with Crippen LogP contribution in [0.25, 0.3) is 0 Å². The monoisotopic (exact) mass is 326 g/mol. The lowest BCUT2D eigenvalue weighted by molar-refractivity contribution is 0.216. The molecule has 6 heteroatoms. The zero-order valence-corrected chi connectivity index (χ0v) is 13.5. The summed E-state index contributed by atoms with van der Waals surface area (Å²) in [6.07, 6.45) is 3.04. The normalized spacial score (nSPS) is 24.7. The second-order valence-corrected chi connectivity index (χ2v) is 8.31. The Bertz CT molecular complexity index is 606. The molecule has 1 N–H and O–H groups in total. The van der Waals surface area contributed by atoms with Crippen LogP contribution in [0.3, 0.4) is 0 Å². The van der Waals surface area contributed by atoms with Gasteiger partial charge in [-0.25, -0.2) is 17.1 Å². The van der Waals surface area contributed by atoms with Crippen molar-refractivity contribution < 1.29 is 12.8 Å². The third kappa shape index (κ3) is 3.50.